The summed E-state index contributed by atoms with van der Waals surface area (Å²) in [6.07, 6.45) is 1.78. The molecular formula is C12H13BrO3S. The summed E-state index contributed by atoms with van der Waals surface area (Å²) in [4.78, 5) is 23.3. The Morgan fingerprint density at radius 2 is 2.12 bits per heavy atom. The van der Waals surface area contributed by atoms with Gasteiger partial charge in [-0.2, -0.15) is 0 Å². The van der Waals surface area contributed by atoms with Crippen molar-refractivity contribution in [2.75, 3.05) is 6.26 Å². The normalized spacial score (nSPS) is 12.2. The molecule has 1 unspecified atom stereocenters. The van der Waals surface area contributed by atoms with Gasteiger partial charge in [0, 0.05) is 10.5 Å². The minimum atomic E-state index is -0.931. The van der Waals surface area contributed by atoms with Gasteiger partial charge < -0.3 is 5.11 Å². The number of carbonyl (C=O) groups is 2. The molecule has 0 aromatic heterocycles. The first-order valence-corrected chi connectivity index (χ1v) is 7.16. The number of thioether (sulfide) groups is 1. The van der Waals surface area contributed by atoms with Crippen molar-refractivity contribution in [3.05, 3.63) is 29.3 Å². The van der Waals surface area contributed by atoms with Crippen molar-refractivity contribution < 1.29 is 14.7 Å². The first-order valence-electron chi connectivity index (χ1n) is 5.02. The van der Waals surface area contributed by atoms with Crippen LogP contribution in [0.25, 0.3) is 0 Å². The van der Waals surface area contributed by atoms with Crippen LogP contribution < -0.4 is 0 Å². The van der Waals surface area contributed by atoms with Gasteiger partial charge in [0.25, 0.3) is 0 Å². The van der Waals surface area contributed by atoms with Crippen LogP contribution in [0.1, 0.15) is 22.8 Å². The van der Waals surface area contributed by atoms with E-state index in [1.54, 1.807) is 19.1 Å². The minimum Gasteiger partial charge on any atom is -0.481 e. The zero-order valence-corrected chi connectivity index (χ0v) is 12.0. The number of benzene rings is 1. The summed E-state index contributed by atoms with van der Waals surface area (Å²) < 4.78 is 0. The maximum Gasteiger partial charge on any atom is 0.307 e. The van der Waals surface area contributed by atoms with Crippen molar-refractivity contribution in [3.63, 3.8) is 0 Å². The van der Waals surface area contributed by atoms with Crippen molar-refractivity contribution in [1.82, 2.24) is 0 Å². The van der Waals surface area contributed by atoms with Gasteiger partial charge in [0.2, 0.25) is 0 Å². The van der Waals surface area contributed by atoms with E-state index in [4.69, 9.17) is 5.11 Å². The lowest BCUT2D eigenvalue weighted by Crippen LogP contribution is -2.14. The van der Waals surface area contributed by atoms with Crippen LogP contribution in [-0.2, 0) is 11.2 Å². The van der Waals surface area contributed by atoms with Gasteiger partial charge >= 0.3 is 5.97 Å². The molecule has 1 aromatic carbocycles. The fraction of sp³-hybridized carbons (Fsp3) is 0.333. The van der Waals surface area contributed by atoms with Gasteiger partial charge in [-0.15, -0.1) is 11.8 Å². The fourth-order valence-corrected chi connectivity index (χ4v) is 2.17. The summed E-state index contributed by atoms with van der Waals surface area (Å²) >= 11 is 4.73. The number of hydrogen-bond acceptors (Lipinski definition) is 3. The number of ketones is 1. The Bertz CT molecular complexity index is 443. The topological polar surface area (TPSA) is 54.4 Å². The SMILES string of the molecule is CSc1ccc(C(=O)C(C)Br)c(CC(=O)O)c1. The summed E-state index contributed by atoms with van der Waals surface area (Å²) in [5, 5.41) is 8.85. The summed E-state index contributed by atoms with van der Waals surface area (Å²) in [7, 11) is 0. The lowest BCUT2D eigenvalue weighted by Gasteiger charge is -2.10. The second-order valence-corrected chi connectivity index (χ2v) is 5.83. The van der Waals surface area contributed by atoms with Gasteiger partial charge in [0.15, 0.2) is 5.78 Å². The molecule has 1 atom stereocenters. The molecular weight excluding hydrogens is 304 g/mol. The van der Waals surface area contributed by atoms with Crippen molar-refractivity contribution in [3.8, 4) is 0 Å². The monoisotopic (exact) mass is 316 g/mol. The number of carboxylic acids is 1. The number of halogens is 1. The first-order chi connectivity index (χ1) is 7.95. The molecule has 0 aliphatic heterocycles. The Labute approximate surface area is 113 Å². The third-order valence-electron chi connectivity index (χ3n) is 2.28. The molecule has 0 fully saturated rings. The number of alkyl halides is 1. The Hall–Kier alpha value is -0.810. The zero-order chi connectivity index (χ0) is 13.0. The fourth-order valence-electron chi connectivity index (χ4n) is 1.46. The van der Waals surface area contributed by atoms with Crippen LogP contribution in [0.4, 0.5) is 0 Å². The van der Waals surface area contributed by atoms with Gasteiger partial charge in [-0.05, 0) is 36.9 Å². The molecule has 0 saturated heterocycles. The molecule has 5 heteroatoms. The number of carboxylic acid groups (broad SMARTS) is 1. The molecule has 1 N–H and O–H groups in total. The minimum absolute atomic E-state index is 0.0890. The van der Waals surface area contributed by atoms with Crippen LogP contribution in [0.3, 0.4) is 0 Å². The predicted octanol–water partition coefficient (Wildman–Crippen LogP) is 3.00. The Balaban J connectivity index is 3.19. The van der Waals surface area contributed by atoms with Gasteiger partial charge in [0.1, 0.15) is 0 Å². The summed E-state index contributed by atoms with van der Waals surface area (Å²) in [5.41, 5.74) is 1.05. The molecule has 0 aliphatic rings. The van der Waals surface area contributed by atoms with E-state index in [0.717, 1.165) is 4.90 Å². The van der Waals surface area contributed by atoms with E-state index < -0.39 is 5.97 Å². The van der Waals surface area contributed by atoms with E-state index in [1.807, 2.05) is 12.3 Å². The lowest BCUT2D eigenvalue weighted by molar-refractivity contribution is -0.136. The maximum atomic E-state index is 11.9. The van der Waals surface area contributed by atoms with E-state index in [1.165, 1.54) is 11.8 Å². The van der Waals surface area contributed by atoms with Crippen LogP contribution in [-0.4, -0.2) is 27.9 Å². The Kier molecular flexibility index (Phi) is 5.21. The Morgan fingerprint density at radius 1 is 1.47 bits per heavy atom. The molecule has 0 amide bonds. The molecule has 0 aliphatic carbocycles. The molecule has 1 aromatic rings. The third kappa shape index (κ3) is 3.85. The number of rotatable bonds is 5. The highest BCUT2D eigenvalue weighted by molar-refractivity contribution is 9.10. The summed E-state index contributed by atoms with van der Waals surface area (Å²) in [6, 6.07) is 5.30. The van der Waals surface area contributed by atoms with Crippen LogP contribution in [0, 0.1) is 0 Å². The third-order valence-corrected chi connectivity index (χ3v) is 3.42. The van der Waals surface area contributed by atoms with Gasteiger partial charge in [-0.3, -0.25) is 9.59 Å². The molecule has 0 spiro atoms. The molecule has 3 nitrogen and oxygen atoms in total. The quantitative estimate of drug-likeness (QED) is 0.515. The van der Waals surface area contributed by atoms with Crippen molar-refractivity contribution >= 4 is 39.4 Å². The molecule has 0 radical (unpaired) electrons. The average Bonchev–Trinajstić information content (AvgIpc) is 2.27. The molecule has 0 heterocycles. The van der Waals surface area contributed by atoms with Crippen LogP contribution in [0.5, 0.6) is 0 Å². The maximum absolute atomic E-state index is 11.9. The predicted molar refractivity (Wildman–Crippen MR) is 72.3 cm³/mol. The number of hydrogen-bond donors (Lipinski definition) is 1. The van der Waals surface area contributed by atoms with Gasteiger partial charge in [-0.1, -0.05) is 15.9 Å². The van der Waals surface area contributed by atoms with Crippen LogP contribution in [0.2, 0.25) is 0 Å². The number of Topliss-reactive ketones (excluding diaryl/α,β-unsaturated/α-hetero) is 1. The highest BCUT2D eigenvalue weighted by atomic mass is 79.9. The summed E-state index contributed by atoms with van der Waals surface area (Å²) in [6.45, 7) is 1.73. The second kappa shape index (κ2) is 6.21. The molecule has 92 valence electrons. The van der Waals surface area contributed by atoms with E-state index >= 15 is 0 Å². The van der Waals surface area contributed by atoms with E-state index in [2.05, 4.69) is 15.9 Å². The zero-order valence-electron chi connectivity index (χ0n) is 9.57. The highest BCUT2D eigenvalue weighted by Gasteiger charge is 2.17. The smallest absolute Gasteiger partial charge is 0.307 e. The average molecular weight is 317 g/mol. The number of carbonyl (C=O) groups excluding carboxylic acids is 1. The highest BCUT2D eigenvalue weighted by Crippen LogP contribution is 2.22. The number of aliphatic carboxylic acids is 1. The second-order valence-electron chi connectivity index (χ2n) is 3.57. The van der Waals surface area contributed by atoms with Crippen LogP contribution >= 0.6 is 27.7 Å². The molecule has 17 heavy (non-hydrogen) atoms. The van der Waals surface area contributed by atoms with Gasteiger partial charge in [0.05, 0.1) is 11.2 Å². The lowest BCUT2D eigenvalue weighted by atomic mass is 10.00. The van der Waals surface area contributed by atoms with E-state index in [9.17, 15) is 9.59 Å². The van der Waals surface area contributed by atoms with Crippen LogP contribution in [0.15, 0.2) is 23.1 Å². The molecule has 1 rings (SSSR count). The standard InChI is InChI=1S/C12H13BrO3S/c1-7(13)12(16)10-4-3-9(17-2)5-8(10)6-11(14)15/h3-5,7H,6H2,1-2H3,(H,14,15). The van der Waals surface area contributed by atoms with Crippen molar-refractivity contribution in [1.29, 1.82) is 0 Å². The largest absolute Gasteiger partial charge is 0.481 e. The Morgan fingerprint density at radius 3 is 2.59 bits per heavy atom. The van der Waals surface area contributed by atoms with E-state index in [-0.39, 0.29) is 17.0 Å². The van der Waals surface area contributed by atoms with Gasteiger partial charge in [-0.25, -0.2) is 0 Å². The molecule has 0 saturated carbocycles. The van der Waals surface area contributed by atoms with Crippen molar-refractivity contribution in [2.24, 2.45) is 0 Å². The summed E-state index contributed by atoms with van der Waals surface area (Å²) in [5.74, 6) is -1.02. The molecule has 0 bridgehead atoms. The van der Waals surface area contributed by atoms with Crippen molar-refractivity contribution in [2.45, 2.75) is 23.1 Å². The van der Waals surface area contributed by atoms with E-state index in [0.29, 0.717) is 11.1 Å². The first kappa shape index (κ1) is 14.3.